The number of hydrogen-bond donors (Lipinski definition) is 2. The summed E-state index contributed by atoms with van der Waals surface area (Å²) in [6, 6.07) is 1.59. The third-order valence-electron chi connectivity index (χ3n) is 2.52. The van der Waals surface area contributed by atoms with Gasteiger partial charge in [-0.3, -0.25) is 9.78 Å². The number of nitrogens with two attached hydrogens (primary N) is 1. The van der Waals surface area contributed by atoms with Crippen molar-refractivity contribution in [1.29, 1.82) is 0 Å². The van der Waals surface area contributed by atoms with Crippen LogP contribution in [0.25, 0.3) is 0 Å². The van der Waals surface area contributed by atoms with E-state index >= 15 is 0 Å². The Morgan fingerprint density at radius 3 is 2.63 bits per heavy atom. The zero-order valence-electron chi connectivity index (χ0n) is 11.2. The first-order chi connectivity index (χ1) is 8.74. The molecule has 0 aliphatic rings. The number of nitrogens with one attached hydrogen (secondary N) is 1. The Morgan fingerprint density at radius 1 is 1.47 bits per heavy atom. The van der Waals surface area contributed by atoms with E-state index in [0.29, 0.717) is 11.4 Å². The number of sulfonamides is 1. The standard InChI is InChI=1S/C11H18N4O3S/c1-8-6-10(12)9(7-14-8)11(16)13-4-5-19(17,18)15(2)3/h6-7H,4-5H2,1-3H3,(H2,12,14)(H,13,16). The molecule has 19 heavy (non-hydrogen) atoms. The second-order valence-electron chi connectivity index (χ2n) is 4.27. The van der Waals surface area contributed by atoms with Crippen LogP contribution in [0.2, 0.25) is 0 Å². The van der Waals surface area contributed by atoms with Gasteiger partial charge in [-0.15, -0.1) is 0 Å². The lowest BCUT2D eigenvalue weighted by atomic mass is 10.2. The van der Waals surface area contributed by atoms with Gasteiger partial charge in [0.05, 0.1) is 11.3 Å². The van der Waals surface area contributed by atoms with E-state index in [-0.39, 0.29) is 17.9 Å². The van der Waals surface area contributed by atoms with Gasteiger partial charge in [0.15, 0.2) is 0 Å². The number of aryl methyl sites for hydroxylation is 1. The van der Waals surface area contributed by atoms with Crippen LogP contribution in [0, 0.1) is 6.92 Å². The first kappa shape index (κ1) is 15.4. The molecule has 3 N–H and O–H groups in total. The molecule has 1 aromatic rings. The van der Waals surface area contributed by atoms with E-state index < -0.39 is 15.9 Å². The van der Waals surface area contributed by atoms with Crippen LogP contribution < -0.4 is 11.1 Å². The molecule has 1 aromatic heterocycles. The zero-order chi connectivity index (χ0) is 14.6. The van der Waals surface area contributed by atoms with E-state index in [1.807, 2.05) is 0 Å². The van der Waals surface area contributed by atoms with Gasteiger partial charge in [0.1, 0.15) is 0 Å². The van der Waals surface area contributed by atoms with Crippen LogP contribution in [0.3, 0.4) is 0 Å². The van der Waals surface area contributed by atoms with Crippen LogP contribution in [-0.2, 0) is 10.0 Å². The minimum absolute atomic E-state index is 0.0205. The number of nitrogen functional groups attached to an aromatic ring is 1. The maximum absolute atomic E-state index is 11.8. The van der Waals surface area contributed by atoms with Crippen molar-refractivity contribution < 1.29 is 13.2 Å². The van der Waals surface area contributed by atoms with Crippen molar-refractivity contribution in [2.45, 2.75) is 6.92 Å². The number of pyridine rings is 1. The fourth-order valence-electron chi connectivity index (χ4n) is 1.34. The molecular weight excluding hydrogens is 268 g/mol. The molecule has 1 amide bonds. The first-order valence-electron chi connectivity index (χ1n) is 5.64. The number of anilines is 1. The van der Waals surface area contributed by atoms with Crippen LogP contribution >= 0.6 is 0 Å². The summed E-state index contributed by atoms with van der Waals surface area (Å²) in [4.78, 5) is 15.8. The number of aromatic nitrogens is 1. The zero-order valence-corrected chi connectivity index (χ0v) is 12.0. The normalized spacial score (nSPS) is 11.6. The molecule has 7 nitrogen and oxygen atoms in total. The molecule has 8 heteroatoms. The summed E-state index contributed by atoms with van der Waals surface area (Å²) in [7, 11) is -0.434. The molecule has 0 radical (unpaired) electrons. The minimum Gasteiger partial charge on any atom is -0.398 e. The van der Waals surface area contributed by atoms with Crippen molar-refractivity contribution in [1.82, 2.24) is 14.6 Å². The van der Waals surface area contributed by atoms with E-state index in [1.54, 1.807) is 13.0 Å². The quantitative estimate of drug-likeness (QED) is 0.765. The monoisotopic (exact) mass is 286 g/mol. The van der Waals surface area contributed by atoms with Crippen LogP contribution in [0.4, 0.5) is 5.69 Å². The van der Waals surface area contributed by atoms with Gasteiger partial charge in [-0.05, 0) is 13.0 Å². The summed E-state index contributed by atoms with van der Waals surface area (Å²) >= 11 is 0. The van der Waals surface area contributed by atoms with Crippen LogP contribution in [0.5, 0.6) is 0 Å². The highest BCUT2D eigenvalue weighted by molar-refractivity contribution is 7.89. The molecule has 1 heterocycles. The molecule has 0 spiro atoms. The Bertz CT molecular complexity index is 569. The largest absolute Gasteiger partial charge is 0.398 e. The maximum Gasteiger partial charge on any atom is 0.254 e. The SMILES string of the molecule is Cc1cc(N)c(C(=O)NCCS(=O)(=O)N(C)C)cn1. The van der Waals surface area contributed by atoms with Crippen LogP contribution in [0.1, 0.15) is 16.1 Å². The van der Waals surface area contributed by atoms with E-state index in [9.17, 15) is 13.2 Å². The predicted octanol–water partition coefficient (Wildman–Crippen LogP) is -0.407. The van der Waals surface area contributed by atoms with Gasteiger partial charge < -0.3 is 11.1 Å². The highest BCUT2D eigenvalue weighted by atomic mass is 32.2. The Labute approximate surface area is 112 Å². The molecule has 0 fully saturated rings. The minimum atomic E-state index is -3.32. The first-order valence-corrected chi connectivity index (χ1v) is 7.25. The lowest BCUT2D eigenvalue weighted by Crippen LogP contribution is -2.34. The Kier molecular flexibility index (Phi) is 4.84. The Morgan fingerprint density at radius 2 is 2.11 bits per heavy atom. The predicted molar refractivity (Wildman–Crippen MR) is 73.2 cm³/mol. The van der Waals surface area contributed by atoms with Crippen molar-refractivity contribution in [2.24, 2.45) is 0 Å². The smallest absolute Gasteiger partial charge is 0.254 e. The van der Waals surface area contributed by atoms with E-state index in [1.165, 1.54) is 20.3 Å². The number of carbonyl (C=O) groups is 1. The number of nitrogens with zero attached hydrogens (tertiary/aromatic N) is 2. The molecule has 0 bridgehead atoms. The van der Waals surface area contributed by atoms with Gasteiger partial charge in [-0.25, -0.2) is 12.7 Å². The van der Waals surface area contributed by atoms with Gasteiger partial charge in [-0.1, -0.05) is 0 Å². The van der Waals surface area contributed by atoms with Crippen molar-refractivity contribution in [3.8, 4) is 0 Å². The van der Waals surface area contributed by atoms with E-state index in [4.69, 9.17) is 5.73 Å². The molecule has 0 unspecified atom stereocenters. The Hall–Kier alpha value is -1.67. The highest BCUT2D eigenvalue weighted by Gasteiger charge is 2.15. The van der Waals surface area contributed by atoms with Gasteiger partial charge in [-0.2, -0.15) is 0 Å². The summed E-state index contributed by atoms with van der Waals surface area (Å²) in [6.45, 7) is 1.79. The van der Waals surface area contributed by atoms with Crippen molar-refractivity contribution in [2.75, 3.05) is 32.1 Å². The summed E-state index contributed by atoms with van der Waals surface area (Å²) in [6.07, 6.45) is 1.38. The summed E-state index contributed by atoms with van der Waals surface area (Å²) in [5.74, 6) is -0.593. The van der Waals surface area contributed by atoms with Gasteiger partial charge in [0, 0.05) is 38.2 Å². The highest BCUT2D eigenvalue weighted by Crippen LogP contribution is 2.10. The summed E-state index contributed by atoms with van der Waals surface area (Å²) < 4.78 is 24.1. The molecule has 0 aliphatic heterocycles. The molecule has 0 atom stereocenters. The summed E-state index contributed by atoms with van der Waals surface area (Å²) in [5.41, 5.74) is 6.98. The van der Waals surface area contributed by atoms with Crippen molar-refractivity contribution >= 4 is 21.6 Å². The van der Waals surface area contributed by atoms with E-state index in [0.717, 1.165) is 4.31 Å². The van der Waals surface area contributed by atoms with E-state index in [2.05, 4.69) is 10.3 Å². The fourth-order valence-corrected chi connectivity index (χ4v) is 2.07. The van der Waals surface area contributed by atoms with Crippen LogP contribution in [0.15, 0.2) is 12.3 Å². The molecule has 0 aliphatic carbocycles. The number of rotatable bonds is 5. The fraction of sp³-hybridized carbons (Fsp3) is 0.455. The van der Waals surface area contributed by atoms with Gasteiger partial charge >= 0.3 is 0 Å². The van der Waals surface area contributed by atoms with Crippen LogP contribution in [-0.4, -0.2) is 50.0 Å². The van der Waals surface area contributed by atoms with Gasteiger partial charge in [0.25, 0.3) is 5.91 Å². The molecule has 0 saturated heterocycles. The second kappa shape index (κ2) is 5.98. The number of hydrogen-bond acceptors (Lipinski definition) is 5. The molecule has 106 valence electrons. The van der Waals surface area contributed by atoms with Gasteiger partial charge in [0.2, 0.25) is 10.0 Å². The average molecular weight is 286 g/mol. The average Bonchev–Trinajstić information content (AvgIpc) is 2.28. The topological polar surface area (TPSA) is 105 Å². The lowest BCUT2D eigenvalue weighted by Gasteiger charge is -2.12. The Balaban J connectivity index is 2.62. The molecule has 0 aromatic carbocycles. The summed E-state index contributed by atoms with van der Waals surface area (Å²) in [5, 5.41) is 2.51. The third kappa shape index (κ3) is 4.18. The third-order valence-corrected chi connectivity index (χ3v) is 4.35. The van der Waals surface area contributed by atoms with Crippen molar-refractivity contribution in [3.05, 3.63) is 23.5 Å². The molecule has 1 rings (SSSR count). The molecular formula is C11H18N4O3S. The lowest BCUT2D eigenvalue weighted by molar-refractivity contribution is 0.0956. The second-order valence-corrected chi connectivity index (χ2v) is 6.57. The molecule has 0 saturated carbocycles. The number of amides is 1. The number of carbonyl (C=O) groups excluding carboxylic acids is 1. The maximum atomic E-state index is 11.8. The van der Waals surface area contributed by atoms with Crippen molar-refractivity contribution in [3.63, 3.8) is 0 Å².